The molecule has 1 heterocycles. The van der Waals surface area contributed by atoms with Crippen LogP contribution < -0.4 is 11.2 Å². The lowest BCUT2D eigenvalue weighted by Gasteiger charge is -2.09. The summed E-state index contributed by atoms with van der Waals surface area (Å²) >= 11 is 0. The van der Waals surface area contributed by atoms with Crippen molar-refractivity contribution >= 4 is 35.6 Å². The third-order valence-electron chi connectivity index (χ3n) is 3.98. The predicted molar refractivity (Wildman–Crippen MR) is 110 cm³/mol. The van der Waals surface area contributed by atoms with Crippen LogP contribution in [0, 0.1) is 0 Å². The van der Waals surface area contributed by atoms with Crippen molar-refractivity contribution in [3.05, 3.63) is 59.9 Å². The number of nitrogens with two attached hydrogens (primary N) is 1. The summed E-state index contributed by atoms with van der Waals surface area (Å²) in [5.74, 6) is -4.76. The Bertz CT molecular complexity index is 1060. The van der Waals surface area contributed by atoms with Gasteiger partial charge in [0.25, 0.3) is 0 Å². The number of hydrogen-bond acceptors (Lipinski definition) is 6. The van der Waals surface area contributed by atoms with Gasteiger partial charge in [-0.15, -0.1) is 0 Å². The number of hydrogen-bond donors (Lipinski definition) is 6. The summed E-state index contributed by atoms with van der Waals surface area (Å²) in [5.41, 5.74) is 9.56. The summed E-state index contributed by atoms with van der Waals surface area (Å²) < 4.78 is 63.5. The highest BCUT2D eigenvalue weighted by atomic mass is 19.4. The molecule has 0 amide bonds. The molecule has 0 aliphatic carbocycles. The Kier molecular flexibility index (Phi) is 10.2. The summed E-state index contributed by atoms with van der Waals surface area (Å²) in [4.78, 5) is 25.5. The largest absolute Gasteiger partial charge is 0.490 e. The molecule has 0 fully saturated rings. The number of nitrogens with zero attached hydrogens (tertiary/aromatic N) is 1. The van der Waals surface area contributed by atoms with Gasteiger partial charge in [0.05, 0.1) is 17.1 Å². The summed E-state index contributed by atoms with van der Waals surface area (Å²) in [6, 6.07) is 14.6. The van der Waals surface area contributed by atoms with Crippen LogP contribution in [0.25, 0.3) is 11.0 Å². The van der Waals surface area contributed by atoms with Gasteiger partial charge in [-0.2, -0.15) is 26.3 Å². The topological polar surface area (TPSA) is 170 Å². The highest BCUT2D eigenvalue weighted by Gasteiger charge is 2.38. The van der Waals surface area contributed by atoms with Crippen LogP contribution in [0.2, 0.25) is 0 Å². The van der Waals surface area contributed by atoms with Crippen molar-refractivity contribution < 1.29 is 56.2 Å². The number of carboxylic acids is 2. The molecule has 7 N–H and O–H groups in total. The maximum absolute atomic E-state index is 10.6. The molecule has 0 aliphatic heterocycles. The second-order valence-electron chi connectivity index (χ2n) is 6.67. The molecule has 2 aromatic carbocycles. The van der Waals surface area contributed by atoms with E-state index in [2.05, 4.69) is 9.97 Å². The number of aromatic nitrogens is 2. The van der Waals surface area contributed by atoms with Crippen molar-refractivity contribution in [2.75, 3.05) is 0 Å². The van der Waals surface area contributed by atoms with Gasteiger partial charge < -0.3 is 31.0 Å². The number of imidazole rings is 1. The average Bonchev–Trinajstić information content (AvgIpc) is 3.18. The van der Waals surface area contributed by atoms with E-state index < -0.39 is 31.4 Å². The first-order valence-corrected chi connectivity index (χ1v) is 9.27. The van der Waals surface area contributed by atoms with Crippen molar-refractivity contribution in [1.29, 1.82) is 0 Å². The first-order valence-electron chi connectivity index (χ1n) is 9.27. The Morgan fingerprint density at radius 2 is 1.37 bits per heavy atom. The summed E-state index contributed by atoms with van der Waals surface area (Å²) in [5, 5.41) is 32.4. The van der Waals surface area contributed by atoms with Crippen molar-refractivity contribution in [3.63, 3.8) is 0 Å². The van der Waals surface area contributed by atoms with Crippen LogP contribution in [0.4, 0.5) is 26.3 Å². The molecule has 0 aliphatic rings. The molecule has 1 atom stereocenters. The second kappa shape index (κ2) is 12.2. The first kappa shape index (κ1) is 29.4. The lowest BCUT2D eigenvalue weighted by Crippen LogP contribution is -2.29. The number of H-pyrrole nitrogens is 1. The van der Waals surface area contributed by atoms with Crippen LogP contribution in [-0.2, 0) is 16.0 Å². The van der Waals surface area contributed by atoms with E-state index in [1.165, 1.54) is 0 Å². The maximum Gasteiger partial charge on any atom is 0.490 e. The SMILES string of the molecule is N[C@@H](Cc1ccc(B(O)O)cc1)c1nc2ccccc2[nH]1.O=C(O)C(F)(F)F.O=C(O)C(F)(F)F. The number of aliphatic carboxylic acids is 2. The van der Waals surface area contributed by atoms with E-state index in [-0.39, 0.29) is 6.04 Å². The van der Waals surface area contributed by atoms with Crippen LogP contribution in [0.15, 0.2) is 48.5 Å². The summed E-state index contributed by atoms with van der Waals surface area (Å²) in [6.07, 6.45) is -9.54. The zero-order valence-corrected chi connectivity index (χ0v) is 17.4. The molecule has 0 saturated heterocycles. The fourth-order valence-electron chi connectivity index (χ4n) is 2.32. The van der Waals surface area contributed by atoms with Crippen molar-refractivity contribution in [2.45, 2.75) is 24.8 Å². The number of benzene rings is 2. The minimum atomic E-state index is -5.08. The number of carboxylic acid groups (broad SMARTS) is 2. The van der Waals surface area contributed by atoms with E-state index in [9.17, 15) is 26.3 Å². The minimum Gasteiger partial charge on any atom is -0.475 e. The first-order chi connectivity index (χ1) is 16.0. The highest BCUT2D eigenvalue weighted by molar-refractivity contribution is 6.58. The standard InChI is InChI=1S/C15H16BN3O2.2C2HF3O2/c17-12(9-10-5-7-11(8-6-10)16(20)21)15-18-13-3-1-2-4-14(13)19-15;2*3-2(4,5)1(6)7/h1-8,12,20-21H,9,17H2,(H,18,19);2*(H,6,7)/t12-;;/m0../s1. The molecule has 1 aromatic heterocycles. The van der Waals surface area contributed by atoms with Crippen molar-refractivity contribution in [3.8, 4) is 0 Å². The van der Waals surface area contributed by atoms with E-state index in [1.54, 1.807) is 12.1 Å². The summed E-state index contributed by atoms with van der Waals surface area (Å²) in [7, 11) is -1.44. The molecule has 0 spiro atoms. The van der Waals surface area contributed by atoms with Crippen molar-refractivity contribution in [1.82, 2.24) is 9.97 Å². The Morgan fingerprint density at radius 3 is 1.77 bits per heavy atom. The molecule has 190 valence electrons. The molecule has 9 nitrogen and oxygen atoms in total. The van der Waals surface area contributed by atoms with Gasteiger partial charge in [-0.1, -0.05) is 36.4 Å². The number of nitrogens with one attached hydrogen (secondary N) is 1. The van der Waals surface area contributed by atoms with Crippen LogP contribution in [-0.4, -0.2) is 61.6 Å². The number of rotatable bonds is 4. The Morgan fingerprint density at radius 1 is 0.914 bits per heavy atom. The fourth-order valence-corrected chi connectivity index (χ4v) is 2.32. The van der Waals surface area contributed by atoms with E-state index in [0.29, 0.717) is 11.9 Å². The van der Waals surface area contributed by atoms with Gasteiger partial charge >= 0.3 is 31.4 Å². The number of para-hydroxylation sites is 2. The van der Waals surface area contributed by atoms with Crippen LogP contribution in [0.5, 0.6) is 0 Å². The Labute approximate surface area is 193 Å². The van der Waals surface area contributed by atoms with Crippen LogP contribution in [0.1, 0.15) is 17.4 Å². The highest BCUT2D eigenvalue weighted by Crippen LogP contribution is 2.17. The number of aromatic amines is 1. The average molecular weight is 509 g/mol. The van der Waals surface area contributed by atoms with Gasteiger partial charge in [-0.3, -0.25) is 0 Å². The van der Waals surface area contributed by atoms with Gasteiger partial charge in [0, 0.05) is 0 Å². The fraction of sp³-hybridized carbons (Fsp3) is 0.211. The third-order valence-corrected chi connectivity index (χ3v) is 3.98. The van der Waals surface area contributed by atoms with E-state index in [1.807, 2.05) is 36.4 Å². The van der Waals surface area contributed by atoms with Gasteiger partial charge in [-0.05, 0) is 29.6 Å². The maximum atomic E-state index is 10.6. The molecule has 16 heteroatoms. The van der Waals surface area contributed by atoms with Gasteiger partial charge in [0.2, 0.25) is 0 Å². The molecule has 0 radical (unpaired) electrons. The third kappa shape index (κ3) is 10.0. The Hall–Kier alpha value is -3.63. The van der Waals surface area contributed by atoms with Crippen molar-refractivity contribution in [2.24, 2.45) is 5.73 Å². The normalized spacial score (nSPS) is 12.0. The van der Waals surface area contributed by atoms with Gasteiger partial charge in [-0.25, -0.2) is 14.6 Å². The van der Waals surface area contributed by atoms with E-state index in [0.717, 1.165) is 22.4 Å². The Balaban J connectivity index is 0.000000362. The van der Waals surface area contributed by atoms with Crippen LogP contribution in [0.3, 0.4) is 0 Å². The molecule has 3 rings (SSSR count). The van der Waals surface area contributed by atoms with Crippen LogP contribution >= 0.6 is 0 Å². The molecule has 3 aromatic rings. The zero-order valence-electron chi connectivity index (χ0n) is 17.4. The lowest BCUT2D eigenvalue weighted by atomic mass is 9.80. The zero-order chi connectivity index (χ0) is 27.0. The molecular formula is C19H18BF6N3O6. The lowest BCUT2D eigenvalue weighted by molar-refractivity contribution is -0.193. The number of halogens is 6. The quantitative estimate of drug-likeness (QED) is 0.228. The monoisotopic (exact) mass is 509 g/mol. The molecular weight excluding hydrogens is 491 g/mol. The predicted octanol–water partition coefficient (Wildman–Crippen LogP) is 1.75. The number of carbonyl (C=O) groups is 2. The smallest absolute Gasteiger partial charge is 0.475 e. The van der Waals surface area contributed by atoms with Gasteiger partial charge in [0.1, 0.15) is 5.82 Å². The van der Waals surface area contributed by atoms with E-state index in [4.69, 9.17) is 35.6 Å². The molecule has 35 heavy (non-hydrogen) atoms. The second-order valence-corrected chi connectivity index (χ2v) is 6.67. The summed E-state index contributed by atoms with van der Waals surface area (Å²) in [6.45, 7) is 0. The molecule has 0 saturated carbocycles. The number of fused-ring (bicyclic) bond motifs is 1. The molecule has 0 bridgehead atoms. The number of alkyl halides is 6. The minimum absolute atomic E-state index is 0.234. The van der Waals surface area contributed by atoms with Gasteiger partial charge in [0.15, 0.2) is 0 Å². The molecule has 0 unspecified atom stereocenters. The van der Waals surface area contributed by atoms with E-state index >= 15 is 0 Å².